The maximum Gasteiger partial charge on any atom is 0.236 e. The monoisotopic (exact) mass is 413 g/mol. The summed E-state index contributed by atoms with van der Waals surface area (Å²) < 4.78 is 0. The van der Waals surface area contributed by atoms with E-state index in [9.17, 15) is 9.59 Å². The lowest BCUT2D eigenvalue weighted by Crippen LogP contribution is -2.44. The van der Waals surface area contributed by atoms with Crippen LogP contribution in [0.2, 0.25) is 0 Å². The molecule has 1 aliphatic rings. The highest BCUT2D eigenvalue weighted by molar-refractivity contribution is 6.01. The van der Waals surface area contributed by atoms with Gasteiger partial charge in [-0.25, -0.2) is 0 Å². The minimum absolute atomic E-state index is 0.115. The Bertz CT molecular complexity index is 990. The molecule has 5 heteroatoms. The molecular weight excluding hydrogens is 386 g/mol. The molecule has 1 saturated heterocycles. The van der Waals surface area contributed by atoms with Crippen LogP contribution in [0.4, 0.5) is 11.4 Å². The Morgan fingerprint density at radius 2 is 1.45 bits per heavy atom. The summed E-state index contributed by atoms with van der Waals surface area (Å²) in [4.78, 5) is 29.5. The van der Waals surface area contributed by atoms with Crippen LogP contribution in [0.1, 0.15) is 27.4 Å². The molecule has 1 N–H and O–H groups in total. The van der Waals surface area contributed by atoms with E-state index in [0.29, 0.717) is 11.3 Å². The van der Waals surface area contributed by atoms with E-state index in [1.165, 1.54) is 0 Å². The fourth-order valence-corrected chi connectivity index (χ4v) is 4.04. The molecule has 0 radical (unpaired) electrons. The number of hydrogen-bond donors (Lipinski definition) is 1. The van der Waals surface area contributed by atoms with Gasteiger partial charge in [0, 0.05) is 31.7 Å². The zero-order valence-electron chi connectivity index (χ0n) is 17.7. The molecule has 4 rings (SSSR count). The van der Waals surface area contributed by atoms with Crippen LogP contribution in [0.3, 0.4) is 0 Å². The predicted octanol–water partition coefficient (Wildman–Crippen LogP) is 4.02. The van der Waals surface area contributed by atoms with Crippen molar-refractivity contribution in [3.05, 3.63) is 95.6 Å². The van der Waals surface area contributed by atoms with Crippen molar-refractivity contribution >= 4 is 23.6 Å². The van der Waals surface area contributed by atoms with E-state index >= 15 is 0 Å². The van der Waals surface area contributed by atoms with Crippen molar-refractivity contribution in [2.75, 3.05) is 43.4 Å². The lowest BCUT2D eigenvalue weighted by Gasteiger charge is -2.35. The third-order valence-corrected chi connectivity index (χ3v) is 5.79. The number of nitrogens with zero attached hydrogens (tertiary/aromatic N) is 2. The Balaban J connectivity index is 1.68. The fraction of sp³-hybridized carbons (Fsp3) is 0.231. The SMILES string of the molecule is CN1CCN(c2ccc(C=O)cc2NC(=O)C(c2ccccc2)c2ccccc2)CC1. The quantitative estimate of drug-likeness (QED) is 0.620. The average Bonchev–Trinajstić information content (AvgIpc) is 2.81. The number of carbonyl (C=O) groups is 2. The normalized spacial score (nSPS) is 14.5. The number of benzene rings is 3. The summed E-state index contributed by atoms with van der Waals surface area (Å²) >= 11 is 0. The summed E-state index contributed by atoms with van der Waals surface area (Å²) in [5.74, 6) is -0.557. The van der Waals surface area contributed by atoms with Gasteiger partial charge in [0.15, 0.2) is 0 Å². The molecule has 0 unspecified atom stereocenters. The molecule has 3 aromatic rings. The van der Waals surface area contributed by atoms with Crippen LogP contribution in [0, 0.1) is 0 Å². The Labute approximate surface area is 183 Å². The zero-order valence-corrected chi connectivity index (χ0v) is 17.7. The molecule has 1 amide bonds. The second-order valence-corrected chi connectivity index (χ2v) is 7.93. The largest absolute Gasteiger partial charge is 0.367 e. The van der Waals surface area contributed by atoms with E-state index in [0.717, 1.165) is 49.3 Å². The van der Waals surface area contributed by atoms with Gasteiger partial charge in [0.25, 0.3) is 0 Å². The lowest BCUT2D eigenvalue weighted by atomic mass is 9.90. The molecule has 31 heavy (non-hydrogen) atoms. The van der Waals surface area contributed by atoms with Gasteiger partial charge in [-0.3, -0.25) is 9.59 Å². The standard InChI is InChI=1S/C26H27N3O2/c1-28-14-16-29(17-15-28)24-13-12-20(19-30)18-23(24)27-26(31)25(21-8-4-2-5-9-21)22-10-6-3-7-11-22/h2-13,18-19,25H,14-17H2,1H3,(H,27,31). The summed E-state index contributed by atoms with van der Waals surface area (Å²) in [5.41, 5.74) is 4.03. The predicted molar refractivity (Wildman–Crippen MR) is 125 cm³/mol. The van der Waals surface area contributed by atoms with Gasteiger partial charge in [0.2, 0.25) is 5.91 Å². The third kappa shape index (κ3) is 4.84. The first kappa shape index (κ1) is 20.8. The van der Waals surface area contributed by atoms with Crippen LogP contribution in [0.15, 0.2) is 78.9 Å². The van der Waals surface area contributed by atoms with Crippen molar-refractivity contribution in [1.82, 2.24) is 4.90 Å². The molecule has 0 saturated carbocycles. The average molecular weight is 414 g/mol. The van der Waals surface area contributed by atoms with Gasteiger partial charge in [-0.1, -0.05) is 60.7 Å². The fourth-order valence-electron chi connectivity index (χ4n) is 4.04. The number of rotatable bonds is 6. The highest BCUT2D eigenvalue weighted by atomic mass is 16.2. The van der Waals surface area contributed by atoms with Gasteiger partial charge >= 0.3 is 0 Å². The summed E-state index contributed by atoms with van der Waals surface area (Å²) in [5, 5.41) is 3.14. The van der Waals surface area contributed by atoms with Crippen LogP contribution >= 0.6 is 0 Å². The van der Waals surface area contributed by atoms with E-state index in [4.69, 9.17) is 0 Å². The summed E-state index contributed by atoms with van der Waals surface area (Å²) in [6, 6.07) is 25.1. The van der Waals surface area contributed by atoms with Crippen LogP contribution in [-0.2, 0) is 4.79 Å². The van der Waals surface area contributed by atoms with Crippen molar-refractivity contribution in [2.45, 2.75) is 5.92 Å². The zero-order chi connectivity index (χ0) is 21.6. The Morgan fingerprint density at radius 1 is 0.871 bits per heavy atom. The molecule has 0 atom stereocenters. The van der Waals surface area contributed by atoms with Gasteiger partial charge < -0.3 is 15.1 Å². The summed E-state index contributed by atoms with van der Waals surface area (Å²) in [6.07, 6.45) is 0.815. The Hall–Kier alpha value is -3.44. The van der Waals surface area contributed by atoms with Gasteiger partial charge in [0.1, 0.15) is 6.29 Å². The minimum atomic E-state index is -0.442. The van der Waals surface area contributed by atoms with Crippen LogP contribution < -0.4 is 10.2 Å². The first-order valence-electron chi connectivity index (χ1n) is 10.6. The van der Waals surface area contributed by atoms with E-state index in [2.05, 4.69) is 22.2 Å². The molecule has 0 bridgehead atoms. The molecule has 3 aromatic carbocycles. The van der Waals surface area contributed by atoms with E-state index < -0.39 is 5.92 Å². The number of amides is 1. The van der Waals surface area contributed by atoms with Crippen LogP contribution in [0.25, 0.3) is 0 Å². The first-order valence-corrected chi connectivity index (χ1v) is 10.6. The van der Waals surface area contributed by atoms with E-state index in [-0.39, 0.29) is 5.91 Å². The number of aldehydes is 1. The molecule has 158 valence electrons. The molecular formula is C26H27N3O2. The maximum absolute atomic E-state index is 13.6. The van der Waals surface area contributed by atoms with Gasteiger partial charge in [-0.15, -0.1) is 0 Å². The highest BCUT2D eigenvalue weighted by Crippen LogP contribution is 2.31. The topological polar surface area (TPSA) is 52.6 Å². The molecule has 0 aliphatic carbocycles. The first-order chi connectivity index (χ1) is 15.2. The molecule has 0 aromatic heterocycles. The van der Waals surface area contributed by atoms with Crippen LogP contribution in [-0.4, -0.2) is 50.3 Å². The van der Waals surface area contributed by atoms with E-state index in [1.54, 1.807) is 6.07 Å². The Kier molecular flexibility index (Phi) is 6.43. The van der Waals surface area contributed by atoms with Gasteiger partial charge in [0.05, 0.1) is 17.3 Å². The molecule has 1 aliphatic heterocycles. The van der Waals surface area contributed by atoms with Gasteiger partial charge in [-0.05, 0) is 36.4 Å². The van der Waals surface area contributed by atoms with E-state index in [1.807, 2.05) is 72.8 Å². The van der Waals surface area contributed by atoms with Crippen molar-refractivity contribution in [1.29, 1.82) is 0 Å². The summed E-state index contributed by atoms with van der Waals surface area (Å²) in [6.45, 7) is 3.67. The second kappa shape index (κ2) is 9.58. The van der Waals surface area contributed by atoms with Crippen LogP contribution in [0.5, 0.6) is 0 Å². The molecule has 0 spiro atoms. The minimum Gasteiger partial charge on any atom is -0.367 e. The second-order valence-electron chi connectivity index (χ2n) is 7.93. The Morgan fingerprint density at radius 3 is 2.00 bits per heavy atom. The van der Waals surface area contributed by atoms with Crippen molar-refractivity contribution in [3.63, 3.8) is 0 Å². The third-order valence-electron chi connectivity index (χ3n) is 5.79. The smallest absolute Gasteiger partial charge is 0.236 e. The van der Waals surface area contributed by atoms with Crippen molar-refractivity contribution in [3.8, 4) is 0 Å². The highest BCUT2D eigenvalue weighted by Gasteiger charge is 2.25. The number of piperazine rings is 1. The van der Waals surface area contributed by atoms with Crippen molar-refractivity contribution < 1.29 is 9.59 Å². The number of hydrogen-bond acceptors (Lipinski definition) is 4. The number of likely N-dealkylation sites (N-methyl/N-ethyl adjacent to an activating group) is 1. The number of anilines is 2. The molecule has 1 heterocycles. The summed E-state index contributed by atoms with van der Waals surface area (Å²) in [7, 11) is 2.11. The van der Waals surface area contributed by atoms with Crippen molar-refractivity contribution in [2.24, 2.45) is 0 Å². The lowest BCUT2D eigenvalue weighted by molar-refractivity contribution is -0.116. The van der Waals surface area contributed by atoms with Gasteiger partial charge in [-0.2, -0.15) is 0 Å². The number of carbonyl (C=O) groups excluding carboxylic acids is 2. The molecule has 5 nitrogen and oxygen atoms in total. The number of nitrogens with one attached hydrogen (secondary N) is 1. The molecule has 1 fully saturated rings. The maximum atomic E-state index is 13.6.